The van der Waals surface area contributed by atoms with Gasteiger partial charge in [-0.25, -0.2) is 4.68 Å². The van der Waals surface area contributed by atoms with Gasteiger partial charge in [-0.15, -0.1) is 0 Å². The van der Waals surface area contributed by atoms with Gasteiger partial charge in [-0.05, 0) is 31.7 Å². The van der Waals surface area contributed by atoms with Crippen LogP contribution < -0.4 is 16.8 Å². The number of carbonyl (C=O) groups is 2. The maximum Gasteiger partial charge on any atom is 0.254 e. The van der Waals surface area contributed by atoms with E-state index in [1.807, 2.05) is 26.0 Å². The lowest BCUT2D eigenvalue weighted by molar-refractivity contribution is -0.117. The number of anilines is 2. The number of primary amides is 1. The van der Waals surface area contributed by atoms with Crippen LogP contribution in [0.3, 0.4) is 0 Å². The van der Waals surface area contributed by atoms with Gasteiger partial charge < -0.3 is 21.3 Å². The highest BCUT2D eigenvalue weighted by Gasteiger charge is 2.23. The molecule has 3 rings (SSSR count). The Labute approximate surface area is 193 Å². The number of benzene rings is 1. The van der Waals surface area contributed by atoms with Crippen LogP contribution in [-0.2, 0) is 11.2 Å². The summed E-state index contributed by atoms with van der Waals surface area (Å²) in [5.41, 5.74) is 13.8. The third-order valence-electron chi connectivity index (χ3n) is 5.28. The Kier molecular flexibility index (Phi) is 6.62. The summed E-state index contributed by atoms with van der Waals surface area (Å²) in [7, 11) is 0. The van der Waals surface area contributed by atoms with E-state index in [9.17, 15) is 9.59 Å². The summed E-state index contributed by atoms with van der Waals surface area (Å²) >= 11 is 0. The van der Waals surface area contributed by atoms with E-state index >= 15 is 0 Å². The zero-order valence-corrected chi connectivity index (χ0v) is 20.0. The van der Waals surface area contributed by atoms with E-state index in [1.54, 1.807) is 29.8 Å². The summed E-state index contributed by atoms with van der Waals surface area (Å²) in [4.78, 5) is 24.7. The van der Waals surface area contributed by atoms with E-state index in [2.05, 4.69) is 36.3 Å². The average Bonchev–Trinajstić information content (AvgIpc) is 3.29. The standard InChI is InChI=1S/C24H32N6O3/c1-13(2)30-21(25)19(22(26)31)20(28-30)16-9-7-15(8-10-16)14(3)23(32)27-18-11-17(33-29-18)12-24(4,5)6/h7-11,13-14H,12,25H2,1-6H3,(H2,26,31)(H,27,29,32). The summed E-state index contributed by atoms with van der Waals surface area (Å²) in [6, 6.07) is 8.97. The van der Waals surface area contributed by atoms with E-state index < -0.39 is 11.8 Å². The fraction of sp³-hybridized carbons (Fsp3) is 0.417. The second kappa shape index (κ2) is 9.09. The number of nitrogens with two attached hydrogens (primary N) is 2. The Hall–Kier alpha value is -3.62. The van der Waals surface area contributed by atoms with Crippen LogP contribution in [-0.4, -0.2) is 26.8 Å². The van der Waals surface area contributed by atoms with Crippen molar-refractivity contribution in [3.05, 3.63) is 47.2 Å². The minimum absolute atomic E-state index is 0.0275. The summed E-state index contributed by atoms with van der Waals surface area (Å²) in [5.74, 6) is 0.0800. The molecule has 9 heteroatoms. The van der Waals surface area contributed by atoms with Gasteiger partial charge in [0.15, 0.2) is 5.82 Å². The smallest absolute Gasteiger partial charge is 0.254 e. The van der Waals surface area contributed by atoms with Crippen LogP contribution in [0.4, 0.5) is 11.6 Å². The number of nitrogens with one attached hydrogen (secondary N) is 1. The number of nitrogen functional groups attached to an aromatic ring is 1. The molecule has 2 amide bonds. The lowest BCUT2D eigenvalue weighted by Crippen LogP contribution is -2.19. The molecule has 1 aromatic carbocycles. The molecule has 33 heavy (non-hydrogen) atoms. The normalized spacial score (nSPS) is 12.7. The van der Waals surface area contributed by atoms with Crippen LogP contribution in [0.2, 0.25) is 0 Å². The van der Waals surface area contributed by atoms with Gasteiger partial charge >= 0.3 is 0 Å². The summed E-state index contributed by atoms with van der Waals surface area (Å²) < 4.78 is 6.90. The van der Waals surface area contributed by atoms with Gasteiger partial charge in [-0.2, -0.15) is 5.10 Å². The van der Waals surface area contributed by atoms with Crippen molar-refractivity contribution < 1.29 is 14.1 Å². The van der Waals surface area contributed by atoms with Crippen molar-refractivity contribution in [2.75, 3.05) is 11.1 Å². The Bertz CT molecular complexity index is 1150. The largest absolute Gasteiger partial charge is 0.383 e. The molecule has 1 unspecified atom stereocenters. The SMILES string of the molecule is CC(C(=O)Nc1cc(CC(C)(C)C)on1)c1ccc(-c2nn(C(C)C)c(N)c2C(N)=O)cc1. The van der Waals surface area contributed by atoms with Crippen molar-refractivity contribution in [2.45, 2.75) is 59.9 Å². The molecule has 0 radical (unpaired) electrons. The van der Waals surface area contributed by atoms with Crippen LogP contribution in [0.1, 0.15) is 75.2 Å². The minimum Gasteiger partial charge on any atom is -0.383 e. The first kappa shape index (κ1) is 24.0. The van der Waals surface area contributed by atoms with E-state index in [0.717, 1.165) is 17.7 Å². The Morgan fingerprint density at radius 1 is 1.15 bits per heavy atom. The zero-order valence-electron chi connectivity index (χ0n) is 20.0. The van der Waals surface area contributed by atoms with Crippen LogP contribution in [0, 0.1) is 5.41 Å². The third kappa shape index (κ3) is 5.42. The number of carbonyl (C=O) groups excluding carboxylic acids is 2. The maximum absolute atomic E-state index is 12.7. The predicted molar refractivity (Wildman–Crippen MR) is 128 cm³/mol. The fourth-order valence-electron chi connectivity index (χ4n) is 3.58. The van der Waals surface area contributed by atoms with Gasteiger partial charge in [0.1, 0.15) is 22.8 Å². The van der Waals surface area contributed by atoms with Crippen LogP contribution >= 0.6 is 0 Å². The lowest BCUT2D eigenvalue weighted by atomic mass is 9.91. The number of amides is 2. The number of hydrogen-bond donors (Lipinski definition) is 3. The molecule has 0 aliphatic heterocycles. The average molecular weight is 453 g/mol. The van der Waals surface area contributed by atoms with Gasteiger partial charge in [0.25, 0.3) is 5.91 Å². The first-order valence-electron chi connectivity index (χ1n) is 10.9. The first-order chi connectivity index (χ1) is 15.4. The molecule has 2 aromatic heterocycles. The van der Waals surface area contributed by atoms with Crippen molar-refractivity contribution in [3.8, 4) is 11.3 Å². The van der Waals surface area contributed by atoms with Crippen LogP contribution in [0.15, 0.2) is 34.9 Å². The highest BCUT2D eigenvalue weighted by Crippen LogP contribution is 2.30. The van der Waals surface area contributed by atoms with Gasteiger partial charge in [0.05, 0.1) is 5.92 Å². The second-order valence-corrected chi connectivity index (χ2v) is 9.76. The Morgan fingerprint density at radius 3 is 2.33 bits per heavy atom. The molecule has 176 valence electrons. The van der Waals surface area contributed by atoms with E-state index in [0.29, 0.717) is 17.1 Å². The Balaban J connectivity index is 1.77. The molecule has 0 saturated heterocycles. The van der Waals surface area contributed by atoms with Crippen LogP contribution in [0.25, 0.3) is 11.3 Å². The van der Waals surface area contributed by atoms with Crippen LogP contribution in [0.5, 0.6) is 0 Å². The number of rotatable bonds is 7. The molecule has 2 heterocycles. The highest BCUT2D eigenvalue weighted by atomic mass is 16.5. The number of hydrogen-bond acceptors (Lipinski definition) is 6. The molecular weight excluding hydrogens is 420 g/mol. The molecular formula is C24H32N6O3. The number of nitrogens with zero attached hydrogens (tertiary/aromatic N) is 3. The summed E-state index contributed by atoms with van der Waals surface area (Å²) in [6.07, 6.45) is 0.720. The van der Waals surface area contributed by atoms with Gasteiger partial charge in [0, 0.05) is 24.1 Å². The fourth-order valence-corrected chi connectivity index (χ4v) is 3.58. The van der Waals surface area contributed by atoms with Crippen molar-refractivity contribution in [1.29, 1.82) is 0 Å². The lowest BCUT2D eigenvalue weighted by Gasteiger charge is -2.14. The van der Waals surface area contributed by atoms with E-state index in [4.69, 9.17) is 16.0 Å². The Morgan fingerprint density at radius 2 is 1.79 bits per heavy atom. The monoisotopic (exact) mass is 452 g/mol. The highest BCUT2D eigenvalue weighted by molar-refractivity contribution is 6.03. The first-order valence-corrected chi connectivity index (χ1v) is 10.9. The summed E-state index contributed by atoms with van der Waals surface area (Å²) in [5, 5.41) is 11.2. The molecule has 0 bridgehead atoms. The van der Waals surface area contributed by atoms with Gasteiger partial charge in [0.2, 0.25) is 5.91 Å². The molecule has 1 atom stereocenters. The second-order valence-electron chi connectivity index (χ2n) is 9.76. The molecule has 5 N–H and O–H groups in total. The van der Waals surface area contributed by atoms with Gasteiger partial charge in [-0.1, -0.05) is 50.2 Å². The minimum atomic E-state index is -0.635. The number of aromatic nitrogens is 3. The van der Waals surface area contributed by atoms with E-state index in [1.165, 1.54) is 0 Å². The zero-order chi connectivity index (χ0) is 24.5. The van der Waals surface area contributed by atoms with Crippen molar-refractivity contribution in [1.82, 2.24) is 14.9 Å². The molecule has 9 nitrogen and oxygen atoms in total. The topological polar surface area (TPSA) is 142 Å². The molecule has 0 aliphatic rings. The predicted octanol–water partition coefficient (Wildman–Crippen LogP) is 4.13. The van der Waals surface area contributed by atoms with Crippen molar-refractivity contribution in [3.63, 3.8) is 0 Å². The summed E-state index contributed by atoms with van der Waals surface area (Å²) in [6.45, 7) is 12.0. The third-order valence-corrected chi connectivity index (χ3v) is 5.28. The molecule has 3 aromatic rings. The van der Waals surface area contributed by atoms with Crippen molar-refractivity contribution in [2.24, 2.45) is 11.1 Å². The van der Waals surface area contributed by atoms with Gasteiger partial charge in [-0.3, -0.25) is 9.59 Å². The van der Waals surface area contributed by atoms with E-state index in [-0.39, 0.29) is 28.7 Å². The molecule has 0 saturated carbocycles. The molecule has 0 aliphatic carbocycles. The maximum atomic E-state index is 12.7. The van der Waals surface area contributed by atoms with Crippen molar-refractivity contribution >= 4 is 23.5 Å². The molecule has 0 fully saturated rings. The molecule has 0 spiro atoms. The quantitative estimate of drug-likeness (QED) is 0.492.